The number of hydrogen-bond acceptors (Lipinski definition) is 4. The van der Waals surface area contributed by atoms with Gasteiger partial charge < -0.3 is 15.4 Å². The molecule has 0 radical (unpaired) electrons. The largest absolute Gasteiger partial charge is 0.486 e. The molecule has 0 aliphatic rings. The molecule has 144 valence electrons. The molecule has 0 amide bonds. The molecule has 8 heteroatoms. The molecule has 1 atom stereocenters. The summed E-state index contributed by atoms with van der Waals surface area (Å²) in [6, 6.07) is 6.44. The number of aliphatic imine (C=N–C) groups is 1. The fraction of sp³-hybridized carbons (Fsp3) is 0.444. The molecular formula is C18H26FIN4OS. The predicted octanol–water partition coefficient (Wildman–Crippen LogP) is 3.99. The summed E-state index contributed by atoms with van der Waals surface area (Å²) in [4.78, 5) is 8.72. The molecule has 1 aromatic heterocycles. The zero-order valence-corrected chi connectivity index (χ0v) is 18.4. The highest BCUT2D eigenvalue weighted by atomic mass is 127. The van der Waals surface area contributed by atoms with E-state index in [4.69, 9.17) is 4.74 Å². The molecule has 0 aliphatic heterocycles. The van der Waals surface area contributed by atoms with Gasteiger partial charge in [0.1, 0.15) is 6.10 Å². The van der Waals surface area contributed by atoms with Crippen LogP contribution in [-0.4, -0.2) is 30.6 Å². The van der Waals surface area contributed by atoms with Crippen molar-refractivity contribution in [3.05, 3.63) is 46.2 Å². The molecule has 5 nitrogen and oxygen atoms in total. The first-order valence-corrected chi connectivity index (χ1v) is 9.33. The van der Waals surface area contributed by atoms with Gasteiger partial charge in [-0.15, -0.1) is 35.3 Å². The second-order valence-corrected chi connectivity index (χ2v) is 6.41. The van der Waals surface area contributed by atoms with Gasteiger partial charge in [-0.1, -0.05) is 26.0 Å². The van der Waals surface area contributed by atoms with Crippen molar-refractivity contribution >= 4 is 41.3 Å². The van der Waals surface area contributed by atoms with E-state index >= 15 is 0 Å². The van der Waals surface area contributed by atoms with Crippen molar-refractivity contribution in [2.75, 3.05) is 13.6 Å². The summed E-state index contributed by atoms with van der Waals surface area (Å²) in [5, 5.41) is 9.63. The summed E-state index contributed by atoms with van der Waals surface area (Å²) in [7, 11) is 1.71. The summed E-state index contributed by atoms with van der Waals surface area (Å²) in [5.74, 6) is 0.592. The number of para-hydroxylation sites is 1. The van der Waals surface area contributed by atoms with Crippen molar-refractivity contribution in [2.45, 2.75) is 39.3 Å². The summed E-state index contributed by atoms with van der Waals surface area (Å²) < 4.78 is 19.4. The van der Waals surface area contributed by atoms with E-state index in [-0.39, 0.29) is 41.6 Å². The Balaban J connectivity index is 0.00000338. The maximum atomic E-state index is 13.7. The van der Waals surface area contributed by atoms with Crippen molar-refractivity contribution in [3.63, 3.8) is 0 Å². The summed E-state index contributed by atoms with van der Waals surface area (Å²) >= 11 is 1.67. The van der Waals surface area contributed by atoms with Crippen molar-refractivity contribution in [3.8, 4) is 5.75 Å². The highest BCUT2D eigenvalue weighted by Crippen LogP contribution is 2.17. The van der Waals surface area contributed by atoms with Crippen LogP contribution in [0.25, 0.3) is 0 Å². The zero-order chi connectivity index (χ0) is 18.1. The molecule has 2 N–H and O–H groups in total. The second kappa shape index (κ2) is 12.1. The molecule has 1 heterocycles. The summed E-state index contributed by atoms with van der Waals surface area (Å²) in [6.45, 7) is 5.24. The van der Waals surface area contributed by atoms with Gasteiger partial charge in [0.25, 0.3) is 0 Å². The van der Waals surface area contributed by atoms with Gasteiger partial charge in [0.2, 0.25) is 0 Å². The molecule has 26 heavy (non-hydrogen) atoms. The van der Waals surface area contributed by atoms with Crippen molar-refractivity contribution in [1.82, 2.24) is 15.6 Å². The Morgan fingerprint density at radius 3 is 2.69 bits per heavy atom. The van der Waals surface area contributed by atoms with Crippen LogP contribution >= 0.6 is 35.3 Å². The molecule has 0 fully saturated rings. The molecular weight excluding hydrogens is 466 g/mol. The van der Waals surface area contributed by atoms with Gasteiger partial charge in [0.15, 0.2) is 17.5 Å². The summed E-state index contributed by atoms with van der Waals surface area (Å²) in [6.07, 6.45) is 1.55. The van der Waals surface area contributed by atoms with Crippen LogP contribution in [0.1, 0.15) is 31.0 Å². The molecule has 0 saturated heterocycles. The average molecular weight is 492 g/mol. The minimum atomic E-state index is -0.348. The SMILES string of the molecule is CCc1nc(CNC(=NC)NCC(CC)Oc2ccccc2F)cs1.I. The summed E-state index contributed by atoms with van der Waals surface area (Å²) in [5.41, 5.74) is 0.999. The fourth-order valence-electron chi connectivity index (χ4n) is 2.19. The van der Waals surface area contributed by atoms with Crippen LogP contribution in [-0.2, 0) is 13.0 Å². The average Bonchev–Trinajstić information content (AvgIpc) is 3.10. The lowest BCUT2D eigenvalue weighted by Gasteiger charge is -2.20. The molecule has 0 aliphatic carbocycles. The third-order valence-corrected chi connectivity index (χ3v) is 4.69. The van der Waals surface area contributed by atoms with Gasteiger partial charge >= 0.3 is 0 Å². The van der Waals surface area contributed by atoms with Crippen LogP contribution in [0.2, 0.25) is 0 Å². The Hall–Kier alpha value is -1.42. The molecule has 2 rings (SSSR count). The first kappa shape index (κ1) is 22.6. The number of rotatable bonds is 8. The van der Waals surface area contributed by atoms with Crippen LogP contribution in [0.4, 0.5) is 4.39 Å². The normalized spacial score (nSPS) is 12.2. The highest BCUT2D eigenvalue weighted by molar-refractivity contribution is 14.0. The number of nitrogens with one attached hydrogen (secondary N) is 2. The minimum Gasteiger partial charge on any atom is -0.486 e. The molecule has 1 aromatic carbocycles. The first-order chi connectivity index (χ1) is 12.2. The lowest BCUT2D eigenvalue weighted by atomic mass is 10.2. The second-order valence-electron chi connectivity index (χ2n) is 5.47. The fourth-order valence-corrected chi connectivity index (χ4v) is 2.93. The van der Waals surface area contributed by atoms with Gasteiger partial charge in [0, 0.05) is 12.4 Å². The predicted molar refractivity (Wildman–Crippen MR) is 116 cm³/mol. The molecule has 1 unspecified atom stereocenters. The van der Waals surface area contributed by atoms with E-state index in [9.17, 15) is 4.39 Å². The quantitative estimate of drug-likeness (QED) is 0.333. The van der Waals surface area contributed by atoms with Crippen molar-refractivity contribution in [2.24, 2.45) is 4.99 Å². The number of aryl methyl sites for hydroxylation is 1. The Labute approximate surface area is 175 Å². The van der Waals surface area contributed by atoms with Gasteiger partial charge in [-0.2, -0.15) is 0 Å². The van der Waals surface area contributed by atoms with Crippen LogP contribution < -0.4 is 15.4 Å². The van der Waals surface area contributed by atoms with E-state index in [0.717, 1.165) is 23.5 Å². The number of ether oxygens (including phenoxy) is 1. The van der Waals surface area contributed by atoms with Crippen molar-refractivity contribution < 1.29 is 9.13 Å². The van der Waals surface area contributed by atoms with Gasteiger partial charge in [-0.25, -0.2) is 9.37 Å². The molecule has 2 aromatic rings. The monoisotopic (exact) mass is 492 g/mol. The Kier molecular flexibility index (Phi) is 10.5. The number of guanidine groups is 1. The van der Waals surface area contributed by atoms with E-state index in [0.29, 0.717) is 19.0 Å². The maximum absolute atomic E-state index is 13.7. The van der Waals surface area contributed by atoms with Crippen LogP contribution in [0.15, 0.2) is 34.6 Å². The lowest BCUT2D eigenvalue weighted by Crippen LogP contribution is -2.42. The third kappa shape index (κ3) is 7.06. The van der Waals surface area contributed by atoms with Crippen LogP contribution in [0.3, 0.4) is 0 Å². The number of nitrogens with zero attached hydrogens (tertiary/aromatic N) is 2. The molecule has 0 bridgehead atoms. The Morgan fingerprint density at radius 2 is 2.08 bits per heavy atom. The smallest absolute Gasteiger partial charge is 0.191 e. The lowest BCUT2D eigenvalue weighted by molar-refractivity contribution is 0.191. The van der Waals surface area contributed by atoms with E-state index < -0.39 is 0 Å². The highest BCUT2D eigenvalue weighted by Gasteiger charge is 2.12. The maximum Gasteiger partial charge on any atom is 0.191 e. The topological polar surface area (TPSA) is 58.5 Å². The van der Waals surface area contributed by atoms with Crippen molar-refractivity contribution in [1.29, 1.82) is 0 Å². The standard InChI is InChI=1S/C18H25FN4OS.HI/c1-4-14(24-16-9-7-6-8-15(16)19)11-22-18(20-3)21-10-13-12-25-17(5-2)23-13;/h6-9,12,14H,4-5,10-11H2,1-3H3,(H2,20,21,22);1H. The minimum absolute atomic E-state index is 0. The molecule has 0 spiro atoms. The van der Waals surface area contributed by atoms with E-state index in [1.807, 2.05) is 6.92 Å². The number of benzene rings is 1. The third-order valence-electron chi connectivity index (χ3n) is 3.65. The number of hydrogen-bond donors (Lipinski definition) is 2. The Morgan fingerprint density at radius 1 is 1.31 bits per heavy atom. The number of thiazole rings is 1. The van der Waals surface area contributed by atoms with Gasteiger partial charge in [-0.3, -0.25) is 4.99 Å². The number of aromatic nitrogens is 1. The van der Waals surface area contributed by atoms with Gasteiger partial charge in [0.05, 0.1) is 23.8 Å². The van der Waals surface area contributed by atoms with Gasteiger partial charge in [-0.05, 0) is 25.0 Å². The van der Waals surface area contributed by atoms with E-state index in [2.05, 4.69) is 32.9 Å². The van der Waals surface area contributed by atoms with E-state index in [1.54, 1.807) is 36.6 Å². The van der Waals surface area contributed by atoms with E-state index in [1.165, 1.54) is 6.07 Å². The zero-order valence-electron chi connectivity index (χ0n) is 15.3. The van der Waals surface area contributed by atoms with Crippen LogP contribution in [0, 0.1) is 5.82 Å². The first-order valence-electron chi connectivity index (χ1n) is 8.45. The van der Waals surface area contributed by atoms with Crippen LogP contribution in [0.5, 0.6) is 5.75 Å². The Bertz CT molecular complexity index is 695. The molecule has 0 saturated carbocycles. The number of halogens is 2.